The van der Waals surface area contributed by atoms with Gasteiger partial charge in [-0.3, -0.25) is 0 Å². The molecule has 0 aromatic heterocycles. The molecule has 0 saturated carbocycles. The average molecular weight is 210 g/mol. The summed E-state index contributed by atoms with van der Waals surface area (Å²) in [4.78, 5) is 2.55. The van der Waals surface area contributed by atoms with Crippen molar-refractivity contribution in [1.82, 2.24) is 10.2 Å². The van der Waals surface area contributed by atoms with Crippen molar-refractivity contribution < 1.29 is 0 Å². The van der Waals surface area contributed by atoms with Gasteiger partial charge in [-0.2, -0.15) is 0 Å². The minimum Gasteiger partial charge on any atom is -0.311 e. The fourth-order valence-corrected chi connectivity index (χ4v) is 3.18. The van der Waals surface area contributed by atoms with Crippen molar-refractivity contribution in [2.75, 3.05) is 13.6 Å². The van der Waals surface area contributed by atoms with E-state index in [2.05, 4.69) is 38.0 Å². The Hall–Kier alpha value is -0.0800. The Bertz CT molecular complexity index is 215. The van der Waals surface area contributed by atoms with E-state index in [0.717, 1.165) is 23.9 Å². The molecule has 0 aromatic carbocycles. The lowest BCUT2D eigenvalue weighted by molar-refractivity contribution is 0.167. The zero-order valence-corrected chi connectivity index (χ0v) is 10.7. The van der Waals surface area contributed by atoms with Crippen LogP contribution in [0.15, 0.2) is 0 Å². The SMILES string of the molecule is CC(C)C(C)N(C)CC1CC2CCC1N2. The van der Waals surface area contributed by atoms with E-state index < -0.39 is 0 Å². The van der Waals surface area contributed by atoms with Gasteiger partial charge in [0.15, 0.2) is 0 Å². The summed E-state index contributed by atoms with van der Waals surface area (Å²) in [7, 11) is 2.29. The zero-order valence-electron chi connectivity index (χ0n) is 10.7. The van der Waals surface area contributed by atoms with Crippen molar-refractivity contribution >= 4 is 0 Å². The van der Waals surface area contributed by atoms with Crippen molar-refractivity contribution in [2.24, 2.45) is 11.8 Å². The zero-order chi connectivity index (χ0) is 11.0. The van der Waals surface area contributed by atoms with Crippen LogP contribution in [-0.2, 0) is 0 Å². The van der Waals surface area contributed by atoms with E-state index in [1.165, 1.54) is 25.8 Å². The van der Waals surface area contributed by atoms with E-state index >= 15 is 0 Å². The van der Waals surface area contributed by atoms with Crippen LogP contribution in [0.5, 0.6) is 0 Å². The largest absolute Gasteiger partial charge is 0.311 e. The maximum absolute atomic E-state index is 3.72. The van der Waals surface area contributed by atoms with Gasteiger partial charge in [-0.05, 0) is 45.1 Å². The molecule has 2 rings (SSSR count). The third-order valence-corrected chi connectivity index (χ3v) is 4.61. The molecule has 2 aliphatic rings. The minimum absolute atomic E-state index is 0.712. The third-order valence-electron chi connectivity index (χ3n) is 4.61. The first-order valence-corrected chi connectivity index (χ1v) is 6.54. The molecule has 1 N–H and O–H groups in total. The second-order valence-corrected chi connectivity index (χ2v) is 5.97. The van der Waals surface area contributed by atoms with E-state index in [9.17, 15) is 0 Å². The van der Waals surface area contributed by atoms with Crippen LogP contribution in [0.25, 0.3) is 0 Å². The smallest absolute Gasteiger partial charge is 0.0111 e. The summed E-state index contributed by atoms with van der Waals surface area (Å²) in [5.41, 5.74) is 0. The van der Waals surface area contributed by atoms with E-state index in [1.807, 2.05) is 0 Å². The molecule has 2 heterocycles. The summed E-state index contributed by atoms with van der Waals surface area (Å²) in [6.45, 7) is 8.28. The van der Waals surface area contributed by atoms with Gasteiger partial charge in [-0.25, -0.2) is 0 Å². The number of rotatable bonds is 4. The van der Waals surface area contributed by atoms with Crippen LogP contribution in [0.1, 0.15) is 40.0 Å². The number of nitrogens with zero attached hydrogens (tertiary/aromatic N) is 1. The van der Waals surface area contributed by atoms with Crippen LogP contribution >= 0.6 is 0 Å². The summed E-state index contributed by atoms with van der Waals surface area (Å²) in [6.07, 6.45) is 4.25. The Morgan fingerprint density at radius 1 is 1.27 bits per heavy atom. The lowest BCUT2D eigenvalue weighted by Gasteiger charge is -2.32. The van der Waals surface area contributed by atoms with Gasteiger partial charge in [-0.15, -0.1) is 0 Å². The maximum Gasteiger partial charge on any atom is 0.0111 e. The number of hydrogen-bond acceptors (Lipinski definition) is 2. The molecule has 4 atom stereocenters. The summed E-state index contributed by atoms with van der Waals surface area (Å²) in [5.74, 6) is 1.68. The van der Waals surface area contributed by atoms with Gasteiger partial charge in [0, 0.05) is 24.7 Å². The summed E-state index contributed by atoms with van der Waals surface area (Å²) in [5, 5.41) is 3.72. The Morgan fingerprint density at radius 2 is 2.00 bits per heavy atom. The molecule has 2 aliphatic heterocycles. The fraction of sp³-hybridized carbons (Fsp3) is 1.00. The molecule has 2 nitrogen and oxygen atoms in total. The van der Waals surface area contributed by atoms with Crippen LogP contribution in [0.3, 0.4) is 0 Å². The summed E-state index contributed by atoms with van der Waals surface area (Å²) in [6, 6.07) is 2.39. The predicted molar refractivity (Wildman–Crippen MR) is 65.0 cm³/mol. The molecule has 0 amide bonds. The molecular weight excluding hydrogens is 184 g/mol. The van der Waals surface area contributed by atoms with Gasteiger partial charge < -0.3 is 10.2 Å². The van der Waals surface area contributed by atoms with Crippen molar-refractivity contribution in [3.05, 3.63) is 0 Å². The summed E-state index contributed by atoms with van der Waals surface area (Å²) >= 11 is 0. The second-order valence-electron chi connectivity index (χ2n) is 5.97. The number of nitrogens with one attached hydrogen (secondary N) is 1. The molecule has 0 aliphatic carbocycles. The monoisotopic (exact) mass is 210 g/mol. The Morgan fingerprint density at radius 3 is 2.47 bits per heavy atom. The maximum atomic E-state index is 3.72. The molecule has 2 fully saturated rings. The number of hydrogen-bond donors (Lipinski definition) is 1. The lowest BCUT2D eigenvalue weighted by Crippen LogP contribution is -2.39. The van der Waals surface area contributed by atoms with Crippen LogP contribution in [0, 0.1) is 11.8 Å². The topological polar surface area (TPSA) is 15.3 Å². The first-order valence-electron chi connectivity index (χ1n) is 6.54. The molecular formula is C13H26N2. The highest BCUT2D eigenvalue weighted by Gasteiger charge is 2.39. The van der Waals surface area contributed by atoms with Crippen LogP contribution in [-0.4, -0.2) is 36.6 Å². The molecule has 15 heavy (non-hydrogen) atoms. The highest BCUT2D eigenvalue weighted by Crippen LogP contribution is 2.33. The van der Waals surface area contributed by atoms with E-state index in [0.29, 0.717) is 6.04 Å². The first kappa shape index (κ1) is 11.4. The highest BCUT2D eigenvalue weighted by molar-refractivity contribution is 4.98. The van der Waals surface area contributed by atoms with Gasteiger partial charge in [0.1, 0.15) is 0 Å². The Labute approximate surface area is 94.4 Å². The van der Waals surface area contributed by atoms with E-state index in [1.54, 1.807) is 0 Å². The lowest BCUT2D eigenvalue weighted by atomic mass is 9.88. The Balaban J connectivity index is 1.82. The standard InChI is InChI=1S/C13H26N2/c1-9(2)10(3)15(4)8-11-7-12-5-6-13(11)14-12/h9-14H,5-8H2,1-4H3. The molecule has 2 saturated heterocycles. The number of fused-ring (bicyclic) bond motifs is 2. The van der Waals surface area contributed by atoms with Crippen molar-refractivity contribution in [2.45, 2.75) is 58.2 Å². The summed E-state index contributed by atoms with van der Waals surface area (Å²) < 4.78 is 0. The minimum atomic E-state index is 0.712. The van der Waals surface area contributed by atoms with E-state index in [-0.39, 0.29) is 0 Å². The molecule has 0 radical (unpaired) electrons. The highest BCUT2D eigenvalue weighted by atomic mass is 15.1. The quantitative estimate of drug-likeness (QED) is 0.764. The average Bonchev–Trinajstić information content (AvgIpc) is 2.77. The second kappa shape index (κ2) is 4.42. The molecule has 0 spiro atoms. The fourth-order valence-electron chi connectivity index (χ4n) is 3.18. The van der Waals surface area contributed by atoms with Crippen molar-refractivity contribution in [1.29, 1.82) is 0 Å². The molecule has 88 valence electrons. The molecule has 0 aromatic rings. The third kappa shape index (κ3) is 2.36. The van der Waals surface area contributed by atoms with Gasteiger partial charge in [0.25, 0.3) is 0 Å². The van der Waals surface area contributed by atoms with Crippen LogP contribution < -0.4 is 5.32 Å². The van der Waals surface area contributed by atoms with Gasteiger partial charge in [0.05, 0.1) is 0 Å². The van der Waals surface area contributed by atoms with Crippen molar-refractivity contribution in [3.63, 3.8) is 0 Å². The molecule has 4 unspecified atom stereocenters. The predicted octanol–water partition coefficient (Wildman–Crippen LogP) is 2.10. The van der Waals surface area contributed by atoms with Crippen molar-refractivity contribution in [3.8, 4) is 0 Å². The Kier molecular flexibility index (Phi) is 3.36. The van der Waals surface area contributed by atoms with Gasteiger partial charge in [0.2, 0.25) is 0 Å². The van der Waals surface area contributed by atoms with E-state index in [4.69, 9.17) is 0 Å². The van der Waals surface area contributed by atoms with Gasteiger partial charge >= 0.3 is 0 Å². The van der Waals surface area contributed by atoms with Crippen LogP contribution in [0.4, 0.5) is 0 Å². The molecule has 2 bridgehead atoms. The first-order chi connectivity index (χ1) is 7.08. The molecule has 2 heteroatoms. The van der Waals surface area contributed by atoms with Crippen LogP contribution in [0.2, 0.25) is 0 Å². The normalized spacial score (nSPS) is 36.8. The van der Waals surface area contributed by atoms with Gasteiger partial charge in [-0.1, -0.05) is 13.8 Å².